The summed E-state index contributed by atoms with van der Waals surface area (Å²) in [6, 6.07) is 0.530. The third kappa shape index (κ3) is 1.17. The highest BCUT2D eigenvalue weighted by Gasteiger charge is 2.44. The van der Waals surface area contributed by atoms with Gasteiger partial charge in [0.1, 0.15) is 39.3 Å². The minimum absolute atomic E-state index is 0.378. The first-order chi connectivity index (χ1) is 5.23. The van der Waals surface area contributed by atoms with Crippen LogP contribution in [0, 0.1) is 0 Å². The van der Waals surface area contributed by atoms with Gasteiger partial charge in [0.2, 0.25) is 0 Å². The minimum Gasteiger partial charge on any atom is -0.390 e. The SMILES string of the molecule is C[N+]12CC[NH+](CC1)C(CO)C2. The molecule has 2 bridgehead atoms. The molecular formula is C8H18N2O+2. The highest BCUT2D eigenvalue weighted by Crippen LogP contribution is 2.08. The van der Waals surface area contributed by atoms with E-state index in [9.17, 15) is 0 Å². The third-order valence-electron chi connectivity index (χ3n) is 3.40. The number of aliphatic hydroxyl groups excluding tert-OH is 1. The largest absolute Gasteiger partial charge is 0.390 e. The van der Waals surface area contributed by atoms with E-state index in [1.165, 1.54) is 37.2 Å². The van der Waals surface area contributed by atoms with Gasteiger partial charge in [-0.3, -0.25) is 0 Å². The molecule has 3 nitrogen and oxygen atoms in total. The summed E-state index contributed by atoms with van der Waals surface area (Å²) in [7, 11) is 2.32. The maximum atomic E-state index is 9.10. The Bertz CT molecular complexity index is 152. The van der Waals surface area contributed by atoms with Crippen LogP contribution in [0.15, 0.2) is 0 Å². The van der Waals surface area contributed by atoms with Crippen LogP contribution in [0.4, 0.5) is 0 Å². The summed E-state index contributed by atoms with van der Waals surface area (Å²) >= 11 is 0. The van der Waals surface area contributed by atoms with Crippen molar-refractivity contribution in [2.75, 3.05) is 46.4 Å². The van der Waals surface area contributed by atoms with E-state index in [0.29, 0.717) is 12.6 Å². The lowest BCUT2D eigenvalue weighted by Crippen LogP contribution is -3.23. The maximum absolute atomic E-state index is 9.10. The standard InChI is InChI=1S/C8H17N2O/c1-10-4-2-9(3-5-10)8(6-10)7-11/h8,11H,2-7H2,1H3/q+1/p+1. The van der Waals surface area contributed by atoms with Crippen molar-refractivity contribution in [2.24, 2.45) is 0 Å². The second kappa shape index (κ2) is 2.44. The Morgan fingerprint density at radius 3 is 2.45 bits per heavy atom. The van der Waals surface area contributed by atoms with Crippen molar-refractivity contribution in [1.29, 1.82) is 0 Å². The van der Waals surface area contributed by atoms with Crippen molar-refractivity contribution in [1.82, 2.24) is 0 Å². The number of quaternary nitrogens is 2. The molecule has 1 unspecified atom stereocenters. The summed E-state index contributed by atoms with van der Waals surface area (Å²) in [5.41, 5.74) is 0. The molecule has 3 saturated heterocycles. The number of rotatable bonds is 1. The Kier molecular flexibility index (Phi) is 1.67. The molecule has 0 aromatic rings. The molecule has 1 atom stereocenters. The van der Waals surface area contributed by atoms with Crippen molar-refractivity contribution in [3.05, 3.63) is 0 Å². The van der Waals surface area contributed by atoms with Gasteiger partial charge in [-0.1, -0.05) is 0 Å². The summed E-state index contributed by atoms with van der Waals surface area (Å²) in [5, 5.41) is 9.10. The molecule has 0 saturated carbocycles. The average molecular weight is 158 g/mol. The van der Waals surface area contributed by atoms with E-state index in [2.05, 4.69) is 7.05 Å². The zero-order valence-corrected chi connectivity index (χ0v) is 7.21. The zero-order chi connectivity index (χ0) is 7.90. The van der Waals surface area contributed by atoms with Gasteiger partial charge in [-0.25, -0.2) is 0 Å². The van der Waals surface area contributed by atoms with Gasteiger partial charge in [0.05, 0.1) is 7.05 Å². The Balaban J connectivity index is 2.09. The number of nitrogens with zero attached hydrogens (tertiary/aromatic N) is 1. The number of likely N-dealkylation sites (N-methyl/N-ethyl adjacent to an activating group) is 1. The first kappa shape index (κ1) is 7.53. The summed E-state index contributed by atoms with van der Waals surface area (Å²) in [4.78, 5) is 1.63. The van der Waals surface area contributed by atoms with E-state index in [1.807, 2.05) is 0 Å². The second-order valence-corrected chi connectivity index (χ2v) is 4.29. The van der Waals surface area contributed by atoms with E-state index in [0.717, 1.165) is 0 Å². The van der Waals surface area contributed by atoms with Crippen LogP contribution < -0.4 is 4.90 Å². The van der Waals surface area contributed by atoms with Crippen molar-refractivity contribution < 1.29 is 14.5 Å². The molecule has 0 aromatic carbocycles. The average Bonchev–Trinajstić information content (AvgIpc) is 2.04. The minimum atomic E-state index is 0.378. The van der Waals surface area contributed by atoms with E-state index in [-0.39, 0.29) is 0 Å². The van der Waals surface area contributed by atoms with E-state index < -0.39 is 0 Å². The summed E-state index contributed by atoms with van der Waals surface area (Å²) in [6.07, 6.45) is 0. The first-order valence-corrected chi connectivity index (χ1v) is 4.52. The first-order valence-electron chi connectivity index (χ1n) is 4.52. The lowest BCUT2D eigenvalue weighted by atomic mass is 10.1. The van der Waals surface area contributed by atoms with Crippen LogP contribution in [-0.2, 0) is 0 Å². The van der Waals surface area contributed by atoms with Crippen LogP contribution in [0.5, 0.6) is 0 Å². The van der Waals surface area contributed by atoms with Gasteiger partial charge in [-0.15, -0.1) is 0 Å². The number of fused-ring (bicyclic) bond motifs is 3. The number of nitrogens with one attached hydrogen (secondary N) is 1. The van der Waals surface area contributed by atoms with Crippen LogP contribution in [0.1, 0.15) is 0 Å². The maximum Gasteiger partial charge on any atom is 0.161 e. The van der Waals surface area contributed by atoms with Crippen molar-refractivity contribution in [2.45, 2.75) is 6.04 Å². The molecular weight excluding hydrogens is 140 g/mol. The predicted molar refractivity (Wildman–Crippen MR) is 42.4 cm³/mol. The topological polar surface area (TPSA) is 24.7 Å². The monoisotopic (exact) mass is 158 g/mol. The zero-order valence-electron chi connectivity index (χ0n) is 7.21. The van der Waals surface area contributed by atoms with Gasteiger partial charge < -0.3 is 14.5 Å². The molecule has 3 aliphatic heterocycles. The van der Waals surface area contributed by atoms with Gasteiger partial charge in [0.25, 0.3) is 0 Å². The number of hydrogen-bond acceptors (Lipinski definition) is 1. The molecule has 0 spiro atoms. The molecule has 0 aliphatic carbocycles. The van der Waals surface area contributed by atoms with Crippen LogP contribution in [0.25, 0.3) is 0 Å². The van der Waals surface area contributed by atoms with E-state index in [1.54, 1.807) is 4.90 Å². The summed E-state index contributed by atoms with van der Waals surface area (Å²) in [6.45, 7) is 6.72. The molecule has 3 heteroatoms. The van der Waals surface area contributed by atoms with Gasteiger partial charge >= 0.3 is 0 Å². The van der Waals surface area contributed by atoms with E-state index >= 15 is 0 Å². The second-order valence-electron chi connectivity index (χ2n) is 4.29. The fourth-order valence-electron chi connectivity index (χ4n) is 2.50. The fraction of sp³-hybridized carbons (Fsp3) is 1.00. The molecule has 0 aromatic heterocycles. The van der Waals surface area contributed by atoms with Crippen LogP contribution in [0.2, 0.25) is 0 Å². The molecule has 3 heterocycles. The lowest BCUT2D eigenvalue weighted by Gasteiger charge is -2.49. The van der Waals surface area contributed by atoms with Crippen molar-refractivity contribution in [3.63, 3.8) is 0 Å². The molecule has 0 radical (unpaired) electrons. The Morgan fingerprint density at radius 1 is 1.45 bits per heavy atom. The number of aliphatic hydroxyl groups is 1. The summed E-state index contributed by atoms with van der Waals surface area (Å²) < 4.78 is 1.20. The van der Waals surface area contributed by atoms with Crippen molar-refractivity contribution >= 4 is 0 Å². The van der Waals surface area contributed by atoms with Crippen molar-refractivity contribution in [3.8, 4) is 0 Å². The number of piperazine rings is 3. The normalized spacial score (nSPS) is 49.6. The van der Waals surface area contributed by atoms with Crippen LogP contribution in [-0.4, -0.2) is 62.0 Å². The third-order valence-corrected chi connectivity index (χ3v) is 3.40. The fourth-order valence-corrected chi connectivity index (χ4v) is 2.50. The van der Waals surface area contributed by atoms with Gasteiger partial charge in [-0.05, 0) is 0 Å². The Hall–Kier alpha value is -0.120. The van der Waals surface area contributed by atoms with E-state index in [4.69, 9.17) is 5.11 Å². The van der Waals surface area contributed by atoms with Crippen LogP contribution in [0.3, 0.4) is 0 Å². The number of hydrogen-bond donors (Lipinski definition) is 2. The van der Waals surface area contributed by atoms with Gasteiger partial charge in [0, 0.05) is 0 Å². The molecule has 11 heavy (non-hydrogen) atoms. The Morgan fingerprint density at radius 2 is 2.09 bits per heavy atom. The predicted octanol–water partition coefficient (Wildman–Crippen LogP) is -2.29. The highest BCUT2D eigenvalue weighted by molar-refractivity contribution is 4.62. The quantitative estimate of drug-likeness (QED) is 0.412. The smallest absolute Gasteiger partial charge is 0.161 e. The van der Waals surface area contributed by atoms with Gasteiger partial charge in [-0.2, -0.15) is 0 Å². The molecule has 2 N–H and O–H groups in total. The molecule has 3 fully saturated rings. The molecule has 3 rings (SSSR count). The summed E-state index contributed by atoms with van der Waals surface area (Å²) in [5.74, 6) is 0. The highest BCUT2D eigenvalue weighted by atomic mass is 16.3. The Labute approximate surface area is 67.8 Å². The molecule has 64 valence electrons. The molecule has 0 amide bonds. The van der Waals surface area contributed by atoms with Crippen LogP contribution >= 0.6 is 0 Å². The lowest BCUT2D eigenvalue weighted by molar-refractivity contribution is -1.08. The van der Waals surface area contributed by atoms with Gasteiger partial charge in [0.15, 0.2) is 6.04 Å². The molecule has 3 aliphatic rings.